The smallest absolute Gasteiger partial charge is 0.131 e. The zero-order valence-corrected chi connectivity index (χ0v) is 34.2. The van der Waals surface area contributed by atoms with Crippen molar-refractivity contribution in [1.29, 1.82) is 0 Å². The zero-order chi connectivity index (χ0) is 40.7. The summed E-state index contributed by atoms with van der Waals surface area (Å²) in [6.45, 7) is 0. The largest absolute Gasteiger partial charge is 0.383 e. The summed E-state index contributed by atoms with van der Waals surface area (Å²) in [4.78, 5) is 5.13. The summed E-state index contributed by atoms with van der Waals surface area (Å²) in [6.07, 6.45) is 2.91. The van der Waals surface area contributed by atoms with E-state index in [0.29, 0.717) is 12.3 Å². The number of benzene rings is 10. The van der Waals surface area contributed by atoms with Gasteiger partial charge in [0.25, 0.3) is 0 Å². The van der Waals surface area contributed by atoms with Crippen LogP contribution in [0.4, 0.5) is 0 Å². The highest BCUT2D eigenvalue weighted by molar-refractivity contribution is 7.25. The maximum absolute atomic E-state index is 6.76. The molecule has 61 heavy (non-hydrogen) atoms. The highest BCUT2D eigenvalue weighted by atomic mass is 32.1. The fourth-order valence-corrected chi connectivity index (χ4v) is 10.2. The molecule has 288 valence electrons. The standard InChI is InChI=1S/C58H40N2S/c59-58(43-19-5-2-6-20-43)60-51(36-29-38-15-13-21-44(37-38)46-26-14-28-53-56(46)49-25-11-12-27-52(49)61-53)40-30-32-42(33-31-40)55-48-24-10-9-23-47(48)54(41-17-3-1-4-18-41)50-35-34-39-16-7-8-22-45(39)57(50)55/h1-28,30-37H,29H2,(H2,59,60)/b51-36-. The van der Waals surface area contributed by atoms with E-state index in [2.05, 4.69) is 188 Å². The lowest BCUT2D eigenvalue weighted by atomic mass is 9.84. The van der Waals surface area contributed by atoms with Gasteiger partial charge >= 0.3 is 0 Å². The Balaban J connectivity index is 1.04. The normalized spacial score (nSPS) is 12.3. The molecule has 2 N–H and O–H groups in total. The van der Waals surface area contributed by atoms with Crippen molar-refractivity contribution in [3.63, 3.8) is 0 Å². The Labute approximate surface area is 359 Å². The number of fused-ring (bicyclic) bond motifs is 7. The van der Waals surface area contributed by atoms with E-state index >= 15 is 0 Å². The number of hydrogen-bond donors (Lipinski definition) is 1. The van der Waals surface area contributed by atoms with E-state index in [1.807, 2.05) is 41.7 Å². The Kier molecular flexibility index (Phi) is 9.30. The van der Waals surface area contributed by atoms with Gasteiger partial charge in [-0.3, -0.25) is 0 Å². The molecule has 0 amide bonds. The molecule has 2 nitrogen and oxygen atoms in total. The maximum Gasteiger partial charge on any atom is 0.131 e. The molecule has 0 aliphatic carbocycles. The number of amidine groups is 1. The Morgan fingerprint density at radius 3 is 1.87 bits per heavy atom. The molecule has 0 fully saturated rings. The van der Waals surface area contributed by atoms with Gasteiger partial charge in [0, 0.05) is 25.7 Å². The predicted octanol–water partition coefficient (Wildman–Crippen LogP) is 15.5. The van der Waals surface area contributed by atoms with Gasteiger partial charge in [-0.15, -0.1) is 11.3 Å². The Morgan fingerprint density at radius 2 is 1.07 bits per heavy atom. The highest BCUT2D eigenvalue weighted by Crippen LogP contribution is 2.46. The van der Waals surface area contributed by atoms with Crippen LogP contribution >= 0.6 is 11.3 Å². The molecule has 11 aromatic rings. The predicted molar refractivity (Wildman–Crippen MR) is 263 cm³/mol. The molecule has 11 rings (SSSR count). The molecule has 0 atom stereocenters. The van der Waals surface area contributed by atoms with E-state index in [-0.39, 0.29) is 0 Å². The topological polar surface area (TPSA) is 38.4 Å². The van der Waals surface area contributed by atoms with Gasteiger partial charge in [0.05, 0.1) is 5.70 Å². The molecule has 1 aromatic heterocycles. The number of aliphatic imine (C=N–C) groups is 1. The fourth-order valence-electron chi connectivity index (χ4n) is 9.10. The number of nitrogens with two attached hydrogens (primary N) is 1. The summed E-state index contributed by atoms with van der Waals surface area (Å²) < 4.78 is 2.62. The summed E-state index contributed by atoms with van der Waals surface area (Å²) in [5.74, 6) is 0.487. The molecule has 0 spiro atoms. The van der Waals surface area contributed by atoms with E-state index in [9.17, 15) is 0 Å². The van der Waals surface area contributed by atoms with Gasteiger partial charge in [-0.25, -0.2) is 4.99 Å². The minimum Gasteiger partial charge on any atom is -0.383 e. The van der Waals surface area contributed by atoms with Crippen molar-refractivity contribution in [2.24, 2.45) is 10.7 Å². The molecular weight excluding hydrogens is 757 g/mol. The first-order valence-corrected chi connectivity index (χ1v) is 21.6. The van der Waals surface area contributed by atoms with Crippen LogP contribution in [-0.4, -0.2) is 5.84 Å². The fraction of sp³-hybridized carbons (Fsp3) is 0.0172. The van der Waals surface area contributed by atoms with Crippen molar-refractivity contribution in [2.45, 2.75) is 6.42 Å². The van der Waals surface area contributed by atoms with Gasteiger partial charge in [-0.2, -0.15) is 0 Å². The number of hydrogen-bond acceptors (Lipinski definition) is 2. The van der Waals surface area contributed by atoms with Crippen LogP contribution < -0.4 is 5.73 Å². The van der Waals surface area contributed by atoms with Gasteiger partial charge in [0.2, 0.25) is 0 Å². The van der Waals surface area contributed by atoms with Gasteiger partial charge in [-0.1, -0.05) is 206 Å². The van der Waals surface area contributed by atoms with Crippen LogP contribution in [0.25, 0.3) is 91.6 Å². The minimum atomic E-state index is 0.487. The third-order valence-electron chi connectivity index (χ3n) is 11.9. The van der Waals surface area contributed by atoms with E-state index in [4.69, 9.17) is 10.7 Å². The maximum atomic E-state index is 6.76. The molecular formula is C58H40N2S. The summed E-state index contributed by atoms with van der Waals surface area (Å²) in [5.41, 5.74) is 18.0. The Bertz CT molecular complexity index is 3490. The number of thiophene rings is 1. The van der Waals surface area contributed by atoms with Gasteiger partial charge < -0.3 is 5.73 Å². The van der Waals surface area contributed by atoms with Crippen LogP contribution in [-0.2, 0) is 6.42 Å². The summed E-state index contributed by atoms with van der Waals surface area (Å²) in [7, 11) is 0. The first-order chi connectivity index (χ1) is 30.2. The number of allylic oxidation sites excluding steroid dienone is 1. The first kappa shape index (κ1) is 36.5. The van der Waals surface area contributed by atoms with Crippen molar-refractivity contribution in [3.05, 3.63) is 235 Å². The van der Waals surface area contributed by atoms with E-state index in [1.54, 1.807) is 0 Å². The average Bonchev–Trinajstić information content (AvgIpc) is 3.72. The molecule has 3 heteroatoms. The molecule has 0 unspecified atom stereocenters. The third kappa shape index (κ3) is 6.66. The second-order valence-corrected chi connectivity index (χ2v) is 16.7. The summed E-state index contributed by atoms with van der Waals surface area (Å²) in [5, 5.41) is 10.1. The SMILES string of the molecule is NC(=N/C(=C\Cc1cccc(-c2cccc3sc4ccccc4c23)c1)c1ccc(-c2c3ccccc3c(-c3ccccc3)c3ccc4ccccc4c23)cc1)c1ccccc1. The van der Waals surface area contributed by atoms with Crippen LogP contribution in [0, 0.1) is 0 Å². The molecule has 10 aromatic carbocycles. The number of rotatable bonds is 8. The third-order valence-corrected chi connectivity index (χ3v) is 13.1. The van der Waals surface area contributed by atoms with Crippen LogP contribution in [0.5, 0.6) is 0 Å². The summed E-state index contributed by atoms with van der Waals surface area (Å²) >= 11 is 1.85. The molecule has 0 aliphatic rings. The molecule has 0 saturated heterocycles. The molecule has 1 heterocycles. The van der Waals surface area contributed by atoms with Crippen LogP contribution in [0.15, 0.2) is 223 Å². The molecule has 0 radical (unpaired) electrons. The van der Waals surface area contributed by atoms with E-state index in [1.165, 1.54) is 85.9 Å². The second kappa shape index (κ2) is 15.5. The van der Waals surface area contributed by atoms with Crippen LogP contribution in [0.3, 0.4) is 0 Å². The molecule has 0 bridgehead atoms. The monoisotopic (exact) mass is 796 g/mol. The first-order valence-electron chi connectivity index (χ1n) is 20.8. The second-order valence-electron chi connectivity index (χ2n) is 15.6. The van der Waals surface area contributed by atoms with E-state index in [0.717, 1.165) is 22.4 Å². The summed E-state index contributed by atoms with van der Waals surface area (Å²) in [6, 6.07) is 76.2. The number of nitrogens with zero attached hydrogens (tertiary/aromatic N) is 1. The lowest BCUT2D eigenvalue weighted by molar-refractivity contribution is 1.26. The van der Waals surface area contributed by atoms with E-state index < -0.39 is 0 Å². The minimum absolute atomic E-state index is 0.487. The Morgan fingerprint density at radius 1 is 0.443 bits per heavy atom. The quantitative estimate of drug-likeness (QED) is 0.0707. The van der Waals surface area contributed by atoms with Crippen molar-refractivity contribution < 1.29 is 0 Å². The lowest BCUT2D eigenvalue weighted by Crippen LogP contribution is -2.13. The van der Waals surface area contributed by atoms with Crippen molar-refractivity contribution in [1.82, 2.24) is 0 Å². The van der Waals surface area contributed by atoms with Crippen molar-refractivity contribution >= 4 is 75.4 Å². The lowest BCUT2D eigenvalue weighted by Gasteiger charge is -2.19. The van der Waals surface area contributed by atoms with Gasteiger partial charge in [-0.05, 0) is 95.4 Å². The van der Waals surface area contributed by atoms with Gasteiger partial charge in [0.1, 0.15) is 5.84 Å². The van der Waals surface area contributed by atoms with Crippen LogP contribution in [0.1, 0.15) is 16.7 Å². The van der Waals surface area contributed by atoms with Crippen molar-refractivity contribution in [3.8, 4) is 33.4 Å². The van der Waals surface area contributed by atoms with Crippen LogP contribution in [0.2, 0.25) is 0 Å². The Hall–Kier alpha value is -7.59. The molecule has 0 aliphatic heterocycles. The average molecular weight is 797 g/mol. The molecule has 0 saturated carbocycles. The zero-order valence-electron chi connectivity index (χ0n) is 33.4. The van der Waals surface area contributed by atoms with Gasteiger partial charge in [0.15, 0.2) is 0 Å². The highest BCUT2D eigenvalue weighted by Gasteiger charge is 2.19. The van der Waals surface area contributed by atoms with Crippen molar-refractivity contribution in [2.75, 3.05) is 0 Å².